The number of carbonyl (C=O) groups is 1. The van der Waals surface area contributed by atoms with Crippen LogP contribution in [0, 0.1) is 0 Å². The third kappa shape index (κ3) is 3.40. The largest absolute Gasteiger partial charge is 0.495 e. The van der Waals surface area contributed by atoms with Crippen molar-refractivity contribution in [3.05, 3.63) is 23.8 Å². The summed E-state index contributed by atoms with van der Waals surface area (Å²) in [5.74, 6) is -0.697. The molecule has 0 N–H and O–H groups in total. The van der Waals surface area contributed by atoms with Gasteiger partial charge in [0.05, 0.1) is 28.8 Å². The van der Waals surface area contributed by atoms with Gasteiger partial charge in [-0.15, -0.1) is 0 Å². The summed E-state index contributed by atoms with van der Waals surface area (Å²) in [7, 11) is 1.76. The summed E-state index contributed by atoms with van der Waals surface area (Å²) in [5, 5.41) is 0. The molecule has 0 spiro atoms. The summed E-state index contributed by atoms with van der Waals surface area (Å²) in [4.78, 5) is 11.8. The van der Waals surface area contributed by atoms with Crippen LogP contribution in [0.1, 0.15) is 38.1 Å². The molecule has 23 heavy (non-hydrogen) atoms. The summed E-state index contributed by atoms with van der Waals surface area (Å²) < 4.78 is 39.5. The van der Waals surface area contributed by atoms with Gasteiger partial charge >= 0.3 is 13.1 Å². The van der Waals surface area contributed by atoms with Gasteiger partial charge in [0.2, 0.25) is 0 Å². The van der Waals surface area contributed by atoms with Gasteiger partial charge in [-0.2, -0.15) is 0 Å². The first-order valence-corrected chi connectivity index (χ1v) is 9.22. The molecule has 1 saturated heterocycles. The predicted octanol–water partition coefficient (Wildman–Crippen LogP) is 1.70. The van der Waals surface area contributed by atoms with Gasteiger partial charge in [-0.3, -0.25) is 0 Å². The Bertz CT molecular complexity index is 728. The normalized spacial score (nSPS) is 19.7. The Hall–Kier alpha value is -1.09. The number of carbonyl (C=O) groups excluding carboxylic acids is 1. The molecule has 0 bridgehead atoms. The van der Waals surface area contributed by atoms with E-state index in [1.807, 2.05) is 27.7 Å². The second kappa shape index (κ2) is 5.77. The van der Waals surface area contributed by atoms with Crippen molar-refractivity contribution in [3.8, 4) is 0 Å². The summed E-state index contributed by atoms with van der Waals surface area (Å²) in [6, 6.07) is 3.91. The van der Waals surface area contributed by atoms with Gasteiger partial charge in [0.25, 0.3) is 9.05 Å². The number of halogens is 1. The lowest BCUT2D eigenvalue weighted by Crippen LogP contribution is -2.41. The van der Waals surface area contributed by atoms with Gasteiger partial charge in [0, 0.05) is 10.7 Å². The fourth-order valence-corrected chi connectivity index (χ4v) is 2.93. The third-order valence-electron chi connectivity index (χ3n) is 4.22. The number of benzene rings is 1. The minimum absolute atomic E-state index is 0.0349. The van der Waals surface area contributed by atoms with Crippen LogP contribution in [0.5, 0.6) is 0 Å². The van der Waals surface area contributed by atoms with E-state index >= 15 is 0 Å². The third-order valence-corrected chi connectivity index (χ3v) is 5.57. The van der Waals surface area contributed by atoms with E-state index in [0.29, 0.717) is 5.46 Å². The summed E-state index contributed by atoms with van der Waals surface area (Å²) in [6.45, 7) is 7.51. The highest BCUT2D eigenvalue weighted by Crippen LogP contribution is 2.36. The minimum atomic E-state index is -3.97. The zero-order valence-electron chi connectivity index (χ0n) is 13.5. The molecule has 2 rings (SSSR count). The van der Waals surface area contributed by atoms with E-state index in [4.69, 9.17) is 24.7 Å². The van der Waals surface area contributed by atoms with E-state index in [-0.39, 0.29) is 10.5 Å². The van der Waals surface area contributed by atoms with Crippen LogP contribution in [0.3, 0.4) is 0 Å². The van der Waals surface area contributed by atoms with Gasteiger partial charge in [-0.05, 0) is 45.3 Å². The van der Waals surface area contributed by atoms with Crippen LogP contribution in [0.25, 0.3) is 0 Å². The highest BCUT2D eigenvalue weighted by molar-refractivity contribution is 8.13. The molecule has 1 aliphatic heterocycles. The number of ether oxygens (including phenoxy) is 1. The van der Waals surface area contributed by atoms with Crippen molar-refractivity contribution in [3.63, 3.8) is 0 Å². The molecule has 1 aromatic carbocycles. The monoisotopic (exact) mass is 360 g/mol. The maximum absolute atomic E-state index is 12.0. The molecule has 9 heteroatoms. The first kappa shape index (κ1) is 18.3. The van der Waals surface area contributed by atoms with Crippen molar-refractivity contribution >= 4 is 38.3 Å². The van der Waals surface area contributed by atoms with Crippen LogP contribution in [0.4, 0.5) is 0 Å². The lowest BCUT2D eigenvalue weighted by Gasteiger charge is -2.32. The van der Waals surface area contributed by atoms with Crippen molar-refractivity contribution in [1.82, 2.24) is 0 Å². The van der Waals surface area contributed by atoms with Crippen molar-refractivity contribution in [2.24, 2.45) is 0 Å². The first-order valence-electron chi connectivity index (χ1n) is 6.91. The average molecular weight is 361 g/mol. The number of esters is 1. The van der Waals surface area contributed by atoms with Crippen LogP contribution in [0.15, 0.2) is 23.1 Å². The van der Waals surface area contributed by atoms with E-state index in [1.54, 1.807) is 0 Å². The Morgan fingerprint density at radius 3 is 2.13 bits per heavy atom. The SMILES string of the molecule is COC(=O)c1cc(S(=O)(=O)Cl)ccc1B1OC(C)(C)C(C)(C)O1. The summed E-state index contributed by atoms with van der Waals surface area (Å²) >= 11 is 0. The molecular formula is C14H18BClO6S. The van der Waals surface area contributed by atoms with Crippen LogP contribution in [-0.4, -0.2) is 39.8 Å². The Morgan fingerprint density at radius 2 is 1.70 bits per heavy atom. The molecule has 1 aromatic rings. The Balaban J connectivity index is 2.54. The fourth-order valence-electron chi connectivity index (χ4n) is 2.15. The highest BCUT2D eigenvalue weighted by atomic mass is 35.7. The van der Waals surface area contributed by atoms with Gasteiger partial charge in [0.1, 0.15) is 0 Å². The molecule has 0 saturated carbocycles. The molecule has 0 radical (unpaired) electrons. The van der Waals surface area contributed by atoms with Crippen molar-refractivity contribution in [2.75, 3.05) is 7.11 Å². The van der Waals surface area contributed by atoms with Crippen molar-refractivity contribution < 1.29 is 27.3 Å². The molecule has 126 valence electrons. The van der Waals surface area contributed by atoms with E-state index in [2.05, 4.69) is 0 Å². The van der Waals surface area contributed by atoms with Crippen molar-refractivity contribution in [2.45, 2.75) is 43.8 Å². The Kier molecular flexibility index (Phi) is 4.58. The predicted molar refractivity (Wildman–Crippen MR) is 86.5 cm³/mol. The summed E-state index contributed by atoms with van der Waals surface area (Å²) in [5.41, 5.74) is -0.766. The van der Waals surface area contributed by atoms with E-state index < -0.39 is 33.3 Å². The van der Waals surface area contributed by atoms with Gasteiger partial charge in [0.15, 0.2) is 0 Å². The lowest BCUT2D eigenvalue weighted by molar-refractivity contribution is 0.00578. The van der Waals surface area contributed by atoms with Gasteiger partial charge in [-0.25, -0.2) is 13.2 Å². The molecule has 6 nitrogen and oxygen atoms in total. The first-order chi connectivity index (χ1) is 10.4. The van der Waals surface area contributed by atoms with Crippen LogP contribution >= 0.6 is 10.7 Å². The average Bonchev–Trinajstić information content (AvgIpc) is 2.65. The molecule has 1 fully saturated rings. The van der Waals surface area contributed by atoms with Crippen LogP contribution in [-0.2, 0) is 23.1 Å². The minimum Gasteiger partial charge on any atom is -0.465 e. The zero-order valence-corrected chi connectivity index (χ0v) is 15.1. The lowest BCUT2D eigenvalue weighted by atomic mass is 9.76. The maximum atomic E-state index is 12.0. The zero-order chi connectivity index (χ0) is 17.6. The molecule has 1 heterocycles. The second-order valence-electron chi connectivity index (χ2n) is 6.27. The fraction of sp³-hybridized carbons (Fsp3) is 0.500. The number of rotatable bonds is 3. The summed E-state index contributed by atoms with van der Waals surface area (Å²) in [6.07, 6.45) is 0. The van der Waals surface area contributed by atoms with Crippen LogP contribution < -0.4 is 5.46 Å². The van der Waals surface area contributed by atoms with E-state index in [0.717, 1.165) is 6.07 Å². The molecule has 0 atom stereocenters. The standard InChI is InChI=1S/C14H18BClO6S/c1-13(2)14(3,4)22-15(21-13)11-7-6-9(23(16,18)19)8-10(11)12(17)20-5/h6-8H,1-5H3. The molecule has 0 aromatic heterocycles. The van der Waals surface area contributed by atoms with E-state index in [1.165, 1.54) is 19.2 Å². The molecule has 0 unspecified atom stereocenters. The molecule has 0 amide bonds. The molecule has 1 aliphatic rings. The molecule has 0 aliphatic carbocycles. The van der Waals surface area contributed by atoms with Crippen LogP contribution in [0.2, 0.25) is 0 Å². The number of methoxy groups -OCH3 is 1. The number of hydrogen-bond donors (Lipinski definition) is 0. The molecular weight excluding hydrogens is 342 g/mol. The van der Waals surface area contributed by atoms with Gasteiger partial charge < -0.3 is 14.0 Å². The Morgan fingerprint density at radius 1 is 1.17 bits per heavy atom. The number of hydrogen-bond acceptors (Lipinski definition) is 6. The second-order valence-corrected chi connectivity index (χ2v) is 8.83. The smallest absolute Gasteiger partial charge is 0.465 e. The van der Waals surface area contributed by atoms with Gasteiger partial charge in [-0.1, -0.05) is 6.07 Å². The topological polar surface area (TPSA) is 78.9 Å². The Labute approximate surface area is 140 Å². The quantitative estimate of drug-likeness (QED) is 0.464. The van der Waals surface area contributed by atoms with Crippen molar-refractivity contribution in [1.29, 1.82) is 0 Å². The van der Waals surface area contributed by atoms with E-state index in [9.17, 15) is 13.2 Å². The highest BCUT2D eigenvalue weighted by Gasteiger charge is 2.52. The maximum Gasteiger partial charge on any atom is 0.495 e.